The second-order valence-corrected chi connectivity index (χ2v) is 4.63. The minimum Gasteiger partial charge on any atom is -0.504 e. The van der Waals surface area contributed by atoms with Gasteiger partial charge in [0, 0.05) is 4.47 Å². The van der Waals surface area contributed by atoms with E-state index in [0.717, 1.165) is 23.0 Å². The SMILES string of the molecule is O=C(O)c1nn(-c2ccc(Br)c(C(F)(F)F)c2)cc1O. The molecule has 0 radical (unpaired) electrons. The Morgan fingerprint density at radius 3 is 2.50 bits per heavy atom. The first-order chi connectivity index (χ1) is 9.20. The van der Waals surface area contributed by atoms with Crippen LogP contribution in [0.3, 0.4) is 0 Å². The average molecular weight is 351 g/mol. The number of rotatable bonds is 2. The maximum absolute atomic E-state index is 12.8. The van der Waals surface area contributed by atoms with E-state index in [1.807, 2.05) is 0 Å². The van der Waals surface area contributed by atoms with E-state index in [2.05, 4.69) is 21.0 Å². The number of aromatic hydroxyl groups is 1. The number of carboxylic acid groups (broad SMARTS) is 1. The van der Waals surface area contributed by atoms with Crippen molar-refractivity contribution in [1.29, 1.82) is 0 Å². The van der Waals surface area contributed by atoms with Gasteiger partial charge in [-0.1, -0.05) is 15.9 Å². The Morgan fingerprint density at radius 2 is 2.00 bits per heavy atom. The zero-order chi connectivity index (χ0) is 15.1. The lowest BCUT2D eigenvalue weighted by Crippen LogP contribution is -2.08. The quantitative estimate of drug-likeness (QED) is 0.872. The lowest BCUT2D eigenvalue weighted by atomic mass is 10.2. The molecule has 0 saturated carbocycles. The molecule has 106 valence electrons. The number of aromatic nitrogens is 2. The first kappa shape index (κ1) is 14.4. The second kappa shape index (κ2) is 4.82. The summed E-state index contributed by atoms with van der Waals surface area (Å²) in [7, 11) is 0. The van der Waals surface area contributed by atoms with Gasteiger partial charge < -0.3 is 10.2 Å². The van der Waals surface area contributed by atoms with Crippen LogP contribution < -0.4 is 0 Å². The van der Waals surface area contributed by atoms with Gasteiger partial charge in [0.25, 0.3) is 0 Å². The summed E-state index contributed by atoms with van der Waals surface area (Å²) in [5, 5.41) is 21.6. The minimum absolute atomic E-state index is 0.0247. The molecule has 1 aromatic heterocycles. The summed E-state index contributed by atoms with van der Waals surface area (Å²) in [6, 6.07) is 3.26. The van der Waals surface area contributed by atoms with Crippen molar-refractivity contribution >= 4 is 21.9 Å². The molecule has 0 spiro atoms. The van der Waals surface area contributed by atoms with Crippen LogP contribution in [0.2, 0.25) is 0 Å². The largest absolute Gasteiger partial charge is 0.504 e. The molecular formula is C11H6BrF3N2O3. The van der Waals surface area contributed by atoms with Gasteiger partial charge in [-0.25, -0.2) is 9.48 Å². The van der Waals surface area contributed by atoms with Crippen LogP contribution in [0, 0.1) is 0 Å². The predicted molar refractivity (Wildman–Crippen MR) is 64.9 cm³/mol. The first-order valence-electron chi connectivity index (χ1n) is 5.09. The fraction of sp³-hybridized carbons (Fsp3) is 0.0909. The highest BCUT2D eigenvalue weighted by atomic mass is 79.9. The van der Waals surface area contributed by atoms with Crippen LogP contribution >= 0.6 is 15.9 Å². The normalized spacial score (nSPS) is 11.6. The Labute approximate surface area is 118 Å². The smallest absolute Gasteiger partial charge is 0.417 e. The van der Waals surface area contributed by atoms with Crippen molar-refractivity contribution in [3.05, 3.63) is 40.1 Å². The highest BCUT2D eigenvalue weighted by Gasteiger charge is 2.33. The number of hydrogen-bond donors (Lipinski definition) is 2. The molecule has 0 aliphatic carbocycles. The third-order valence-electron chi connectivity index (χ3n) is 2.42. The van der Waals surface area contributed by atoms with Crippen molar-refractivity contribution < 1.29 is 28.2 Å². The zero-order valence-corrected chi connectivity index (χ0v) is 11.1. The third-order valence-corrected chi connectivity index (χ3v) is 3.11. The maximum atomic E-state index is 12.8. The monoisotopic (exact) mass is 350 g/mol. The Kier molecular flexibility index (Phi) is 3.46. The van der Waals surface area contributed by atoms with Crippen LogP contribution in [0.4, 0.5) is 13.2 Å². The molecule has 0 atom stereocenters. The summed E-state index contributed by atoms with van der Waals surface area (Å²) in [6.07, 6.45) is -3.65. The van der Waals surface area contributed by atoms with Crippen molar-refractivity contribution in [2.75, 3.05) is 0 Å². The molecule has 2 N–H and O–H groups in total. The highest BCUT2D eigenvalue weighted by molar-refractivity contribution is 9.10. The van der Waals surface area contributed by atoms with Gasteiger partial charge in [-0.05, 0) is 18.2 Å². The second-order valence-electron chi connectivity index (χ2n) is 3.77. The van der Waals surface area contributed by atoms with Gasteiger partial charge in [0.15, 0.2) is 5.75 Å². The number of halogens is 4. The van der Waals surface area contributed by atoms with Gasteiger partial charge in [0.2, 0.25) is 5.69 Å². The summed E-state index contributed by atoms with van der Waals surface area (Å²) in [5.41, 5.74) is -1.59. The summed E-state index contributed by atoms with van der Waals surface area (Å²) < 4.78 is 39.0. The molecule has 0 unspecified atom stereocenters. The number of carbonyl (C=O) groups is 1. The van der Waals surface area contributed by atoms with Gasteiger partial charge in [-0.2, -0.15) is 18.3 Å². The Morgan fingerprint density at radius 1 is 1.35 bits per heavy atom. The topological polar surface area (TPSA) is 75.3 Å². The minimum atomic E-state index is -4.57. The van der Waals surface area contributed by atoms with Crippen molar-refractivity contribution in [3.8, 4) is 11.4 Å². The first-order valence-corrected chi connectivity index (χ1v) is 5.88. The van der Waals surface area contributed by atoms with Crippen molar-refractivity contribution in [3.63, 3.8) is 0 Å². The molecule has 1 aromatic carbocycles. The molecule has 9 heteroatoms. The average Bonchev–Trinajstić information content (AvgIpc) is 2.70. The number of alkyl halides is 3. The molecule has 0 saturated heterocycles. The van der Waals surface area contributed by atoms with Crippen LogP contribution in [0.25, 0.3) is 5.69 Å². The van der Waals surface area contributed by atoms with Gasteiger partial charge >= 0.3 is 12.1 Å². The Hall–Kier alpha value is -2.03. The third kappa shape index (κ3) is 2.62. The van der Waals surface area contributed by atoms with Crippen LogP contribution in [0.1, 0.15) is 16.1 Å². The number of aromatic carboxylic acids is 1. The molecule has 20 heavy (non-hydrogen) atoms. The lowest BCUT2D eigenvalue weighted by Gasteiger charge is -2.10. The maximum Gasteiger partial charge on any atom is 0.417 e. The van der Waals surface area contributed by atoms with Crippen LogP contribution in [-0.2, 0) is 6.18 Å². The van der Waals surface area contributed by atoms with E-state index in [1.54, 1.807) is 0 Å². The zero-order valence-electron chi connectivity index (χ0n) is 9.52. The molecule has 2 aromatic rings. The number of benzene rings is 1. The van der Waals surface area contributed by atoms with E-state index in [-0.39, 0.29) is 10.2 Å². The molecule has 0 aliphatic heterocycles. The Bertz CT molecular complexity index is 682. The van der Waals surface area contributed by atoms with Crippen molar-refractivity contribution in [1.82, 2.24) is 9.78 Å². The molecular weight excluding hydrogens is 345 g/mol. The van der Waals surface area contributed by atoms with E-state index in [9.17, 15) is 23.1 Å². The van der Waals surface area contributed by atoms with Crippen molar-refractivity contribution in [2.45, 2.75) is 6.18 Å². The summed E-state index contributed by atoms with van der Waals surface area (Å²) >= 11 is 2.79. The van der Waals surface area contributed by atoms with Gasteiger partial charge in [0.05, 0.1) is 17.4 Å². The van der Waals surface area contributed by atoms with E-state index in [4.69, 9.17) is 5.11 Å². The van der Waals surface area contributed by atoms with E-state index in [0.29, 0.717) is 0 Å². The molecule has 1 heterocycles. The molecule has 0 aliphatic rings. The number of hydrogen-bond acceptors (Lipinski definition) is 3. The lowest BCUT2D eigenvalue weighted by molar-refractivity contribution is -0.138. The molecule has 0 bridgehead atoms. The van der Waals surface area contributed by atoms with E-state index >= 15 is 0 Å². The van der Waals surface area contributed by atoms with Crippen LogP contribution in [0.15, 0.2) is 28.9 Å². The van der Waals surface area contributed by atoms with Crippen LogP contribution in [-0.4, -0.2) is 26.0 Å². The number of nitrogens with zero attached hydrogens (tertiary/aromatic N) is 2. The standard InChI is InChI=1S/C11H6BrF3N2O3/c12-7-2-1-5(3-6(7)11(13,14)15)17-4-8(18)9(16-17)10(19)20/h1-4,18H,(H,19,20). The molecule has 2 rings (SSSR count). The molecule has 0 fully saturated rings. The fourth-order valence-corrected chi connectivity index (χ4v) is 1.99. The summed E-state index contributed by atoms with van der Waals surface area (Å²) in [6.45, 7) is 0. The van der Waals surface area contributed by atoms with E-state index in [1.165, 1.54) is 6.07 Å². The van der Waals surface area contributed by atoms with Gasteiger partial charge in [-0.15, -0.1) is 0 Å². The number of carboxylic acids is 1. The fourth-order valence-electron chi connectivity index (χ4n) is 1.52. The summed E-state index contributed by atoms with van der Waals surface area (Å²) in [5.74, 6) is -2.11. The highest BCUT2D eigenvalue weighted by Crippen LogP contribution is 2.36. The van der Waals surface area contributed by atoms with Gasteiger partial charge in [0.1, 0.15) is 0 Å². The molecule has 5 nitrogen and oxygen atoms in total. The Balaban J connectivity index is 2.54. The van der Waals surface area contributed by atoms with E-state index < -0.39 is 29.2 Å². The van der Waals surface area contributed by atoms with Crippen LogP contribution in [0.5, 0.6) is 5.75 Å². The van der Waals surface area contributed by atoms with Crippen molar-refractivity contribution in [2.24, 2.45) is 0 Å². The predicted octanol–water partition coefficient (Wildman–Crippen LogP) is 3.06. The van der Waals surface area contributed by atoms with Gasteiger partial charge in [-0.3, -0.25) is 0 Å². The summed E-state index contributed by atoms with van der Waals surface area (Å²) in [4.78, 5) is 10.7. The molecule has 0 amide bonds.